The van der Waals surface area contributed by atoms with Crippen LogP contribution in [0.25, 0.3) is 22.5 Å². The summed E-state index contributed by atoms with van der Waals surface area (Å²) in [5.41, 5.74) is 2.07. The molecule has 0 aliphatic heterocycles. The molecule has 16 heavy (non-hydrogen) atoms. The summed E-state index contributed by atoms with van der Waals surface area (Å²) in [5.74, 6) is 1.48. The van der Waals surface area contributed by atoms with Gasteiger partial charge in [-0.2, -0.15) is 0 Å². The van der Waals surface area contributed by atoms with Crippen molar-refractivity contribution in [3.8, 4) is 11.5 Å². The van der Waals surface area contributed by atoms with Gasteiger partial charge in [-0.25, -0.2) is 0 Å². The number of hydrogen-bond donors (Lipinski definition) is 0. The van der Waals surface area contributed by atoms with E-state index in [1.165, 1.54) is 5.56 Å². The van der Waals surface area contributed by atoms with Gasteiger partial charge >= 0.3 is 0 Å². The first-order valence-corrected chi connectivity index (χ1v) is 5.31. The molecule has 0 amide bonds. The fourth-order valence-corrected chi connectivity index (χ4v) is 1.98. The molecule has 0 aliphatic carbocycles. The van der Waals surface area contributed by atoms with Crippen LogP contribution in [0.4, 0.5) is 0 Å². The zero-order chi connectivity index (χ0) is 11.0. The summed E-state index contributed by atoms with van der Waals surface area (Å²) < 4.78 is 10.9. The maximum Gasteiger partial charge on any atom is 0.202 e. The first-order valence-electron chi connectivity index (χ1n) is 5.31. The predicted molar refractivity (Wildman–Crippen MR) is 61.1 cm³/mol. The molecule has 2 heterocycles. The lowest BCUT2D eigenvalue weighted by Crippen LogP contribution is -1.80. The molecular weight excluding hydrogens is 202 g/mol. The van der Waals surface area contributed by atoms with Crippen LogP contribution in [-0.2, 0) is 6.42 Å². The van der Waals surface area contributed by atoms with Gasteiger partial charge in [0.05, 0.1) is 6.20 Å². The van der Waals surface area contributed by atoms with Gasteiger partial charge in [0, 0.05) is 17.0 Å². The lowest BCUT2D eigenvalue weighted by atomic mass is 10.1. The standard InChI is InChI=1S/C13H11NO2/c1-2-9-10-5-3-4-6-11(10)15-13(9)12-7-8-14-16-12/h3-8H,2H2,1H3. The largest absolute Gasteiger partial charge is 0.452 e. The topological polar surface area (TPSA) is 39.2 Å². The van der Waals surface area contributed by atoms with E-state index in [1.807, 2.05) is 24.3 Å². The number of aryl methyl sites for hydroxylation is 1. The molecule has 1 aromatic carbocycles. The average molecular weight is 213 g/mol. The second-order valence-corrected chi connectivity index (χ2v) is 3.64. The number of nitrogens with zero attached hydrogens (tertiary/aromatic N) is 1. The van der Waals surface area contributed by atoms with Crippen molar-refractivity contribution in [2.75, 3.05) is 0 Å². The van der Waals surface area contributed by atoms with Crippen LogP contribution >= 0.6 is 0 Å². The van der Waals surface area contributed by atoms with Gasteiger partial charge in [-0.3, -0.25) is 0 Å². The van der Waals surface area contributed by atoms with Crippen LogP contribution in [-0.4, -0.2) is 5.16 Å². The van der Waals surface area contributed by atoms with Gasteiger partial charge in [0.2, 0.25) is 5.76 Å². The summed E-state index contributed by atoms with van der Waals surface area (Å²) in [5, 5.41) is 4.86. The Labute approximate surface area is 92.7 Å². The molecule has 0 bridgehead atoms. The Morgan fingerprint density at radius 3 is 2.81 bits per heavy atom. The van der Waals surface area contributed by atoms with Crippen molar-refractivity contribution in [1.82, 2.24) is 5.16 Å². The summed E-state index contributed by atoms with van der Waals surface area (Å²) in [6.07, 6.45) is 2.54. The fraction of sp³-hybridized carbons (Fsp3) is 0.154. The Bertz CT molecular complexity index is 608. The molecule has 0 unspecified atom stereocenters. The highest BCUT2D eigenvalue weighted by Crippen LogP contribution is 2.33. The van der Waals surface area contributed by atoms with E-state index in [-0.39, 0.29) is 0 Å². The average Bonchev–Trinajstić information content (AvgIpc) is 2.95. The number of furan rings is 1. The molecule has 0 aliphatic rings. The van der Waals surface area contributed by atoms with Gasteiger partial charge in [0.1, 0.15) is 5.58 Å². The zero-order valence-corrected chi connectivity index (χ0v) is 8.93. The quantitative estimate of drug-likeness (QED) is 0.652. The summed E-state index contributed by atoms with van der Waals surface area (Å²) in [4.78, 5) is 0. The summed E-state index contributed by atoms with van der Waals surface area (Å²) in [7, 11) is 0. The molecule has 3 heteroatoms. The SMILES string of the molecule is CCc1c(-c2ccno2)oc2ccccc12. The van der Waals surface area contributed by atoms with Crippen molar-refractivity contribution < 1.29 is 8.94 Å². The predicted octanol–water partition coefficient (Wildman–Crippen LogP) is 3.65. The molecule has 0 fully saturated rings. The van der Waals surface area contributed by atoms with Crippen LogP contribution in [0.15, 0.2) is 45.5 Å². The Morgan fingerprint density at radius 2 is 2.06 bits per heavy atom. The molecule has 0 saturated heterocycles. The molecule has 0 atom stereocenters. The summed E-state index contributed by atoms with van der Waals surface area (Å²) >= 11 is 0. The Hall–Kier alpha value is -2.03. The molecule has 3 nitrogen and oxygen atoms in total. The molecule has 2 aromatic heterocycles. The third-order valence-corrected chi connectivity index (χ3v) is 2.71. The van der Waals surface area contributed by atoms with Gasteiger partial charge in [-0.05, 0) is 12.5 Å². The first-order chi connectivity index (χ1) is 7.90. The van der Waals surface area contributed by atoms with Crippen molar-refractivity contribution in [3.05, 3.63) is 42.1 Å². The molecule has 0 saturated carbocycles. The van der Waals surface area contributed by atoms with Crippen molar-refractivity contribution in [3.63, 3.8) is 0 Å². The molecule has 80 valence electrons. The Morgan fingerprint density at radius 1 is 1.19 bits per heavy atom. The normalized spacial score (nSPS) is 11.1. The Balaban J connectivity index is 2.32. The second kappa shape index (κ2) is 3.52. The van der Waals surface area contributed by atoms with E-state index >= 15 is 0 Å². The fourth-order valence-electron chi connectivity index (χ4n) is 1.98. The number of hydrogen-bond acceptors (Lipinski definition) is 3. The first kappa shape index (κ1) is 9.21. The van der Waals surface area contributed by atoms with Gasteiger partial charge in [-0.1, -0.05) is 30.3 Å². The lowest BCUT2D eigenvalue weighted by molar-refractivity contribution is 0.420. The van der Waals surface area contributed by atoms with Crippen molar-refractivity contribution in [2.45, 2.75) is 13.3 Å². The summed E-state index contributed by atoms with van der Waals surface area (Å²) in [6, 6.07) is 9.83. The Kier molecular flexibility index (Phi) is 2.03. The third kappa shape index (κ3) is 1.25. The minimum absolute atomic E-state index is 0.688. The van der Waals surface area contributed by atoms with Crippen molar-refractivity contribution >= 4 is 11.0 Å². The van der Waals surface area contributed by atoms with Crippen LogP contribution in [0.2, 0.25) is 0 Å². The highest BCUT2D eigenvalue weighted by atomic mass is 16.5. The second-order valence-electron chi connectivity index (χ2n) is 3.64. The van der Waals surface area contributed by atoms with E-state index in [0.29, 0.717) is 5.76 Å². The molecule has 0 N–H and O–H groups in total. The van der Waals surface area contributed by atoms with Crippen LogP contribution in [0.3, 0.4) is 0 Å². The molecule has 0 radical (unpaired) electrons. The van der Waals surface area contributed by atoms with Crippen molar-refractivity contribution in [1.29, 1.82) is 0 Å². The highest BCUT2D eigenvalue weighted by Gasteiger charge is 2.16. The van der Waals surface area contributed by atoms with Crippen LogP contribution in [0.1, 0.15) is 12.5 Å². The van der Waals surface area contributed by atoms with Crippen molar-refractivity contribution in [2.24, 2.45) is 0 Å². The van der Waals surface area contributed by atoms with E-state index in [4.69, 9.17) is 8.94 Å². The zero-order valence-electron chi connectivity index (χ0n) is 8.93. The van der Waals surface area contributed by atoms with E-state index in [9.17, 15) is 0 Å². The van der Waals surface area contributed by atoms with E-state index in [1.54, 1.807) is 6.20 Å². The number of aromatic nitrogens is 1. The van der Waals surface area contributed by atoms with Crippen LogP contribution < -0.4 is 0 Å². The third-order valence-electron chi connectivity index (χ3n) is 2.71. The smallest absolute Gasteiger partial charge is 0.202 e. The number of benzene rings is 1. The van der Waals surface area contributed by atoms with E-state index in [2.05, 4.69) is 18.1 Å². The van der Waals surface area contributed by atoms with E-state index < -0.39 is 0 Å². The minimum Gasteiger partial charge on any atom is -0.452 e. The maximum absolute atomic E-state index is 5.80. The number of rotatable bonds is 2. The summed E-state index contributed by atoms with van der Waals surface area (Å²) in [6.45, 7) is 2.11. The van der Waals surface area contributed by atoms with Crippen LogP contribution in [0, 0.1) is 0 Å². The molecule has 0 spiro atoms. The molecular formula is C13H11NO2. The molecule has 3 aromatic rings. The maximum atomic E-state index is 5.80. The number of para-hydroxylation sites is 1. The van der Waals surface area contributed by atoms with E-state index in [0.717, 1.165) is 23.2 Å². The minimum atomic E-state index is 0.688. The highest BCUT2D eigenvalue weighted by molar-refractivity contribution is 5.86. The lowest BCUT2D eigenvalue weighted by Gasteiger charge is -1.94. The van der Waals surface area contributed by atoms with Gasteiger partial charge < -0.3 is 8.94 Å². The number of fused-ring (bicyclic) bond motifs is 1. The van der Waals surface area contributed by atoms with Gasteiger partial charge in [-0.15, -0.1) is 0 Å². The van der Waals surface area contributed by atoms with Gasteiger partial charge in [0.25, 0.3) is 0 Å². The van der Waals surface area contributed by atoms with Gasteiger partial charge in [0.15, 0.2) is 5.76 Å². The molecule has 3 rings (SSSR count). The van der Waals surface area contributed by atoms with Crippen LogP contribution in [0.5, 0.6) is 0 Å². The monoisotopic (exact) mass is 213 g/mol.